The van der Waals surface area contributed by atoms with Crippen LogP contribution >= 0.6 is 11.8 Å². The zero-order chi connectivity index (χ0) is 11.5. The Morgan fingerprint density at radius 2 is 2.38 bits per heavy atom. The molecule has 5 heteroatoms. The topological polar surface area (TPSA) is 49.4 Å². The molecule has 1 heterocycles. The number of rotatable bonds is 3. The van der Waals surface area contributed by atoms with Gasteiger partial charge in [-0.15, -0.1) is 11.8 Å². The molecule has 2 fully saturated rings. The summed E-state index contributed by atoms with van der Waals surface area (Å²) in [5.74, 6) is 1.98. The Kier molecular flexibility index (Phi) is 3.74. The van der Waals surface area contributed by atoms with Gasteiger partial charge < -0.3 is 10.2 Å². The smallest absolute Gasteiger partial charge is 0.239 e. The first-order valence-corrected chi connectivity index (χ1v) is 6.95. The third-order valence-electron chi connectivity index (χ3n) is 3.22. The Morgan fingerprint density at radius 1 is 1.56 bits per heavy atom. The van der Waals surface area contributed by atoms with Gasteiger partial charge in [-0.25, -0.2) is 0 Å². The molecule has 1 N–H and O–H groups in total. The Bertz CT molecular complexity index is 296. The molecule has 90 valence electrons. The quantitative estimate of drug-likeness (QED) is 0.797. The Morgan fingerprint density at radius 3 is 2.94 bits per heavy atom. The van der Waals surface area contributed by atoms with Crippen LogP contribution in [-0.2, 0) is 9.59 Å². The van der Waals surface area contributed by atoms with E-state index in [0.29, 0.717) is 23.6 Å². The van der Waals surface area contributed by atoms with Crippen LogP contribution < -0.4 is 5.32 Å². The highest BCUT2D eigenvalue weighted by Gasteiger charge is 2.26. The number of hydrogen-bond donors (Lipinski definition) is 1. The molecule has 1 saturated carbocycles. The molecule has 1 aliphatic heterocycles. The molecular formula is C11H18N2O2S. The summed E-state index contributed by atoms with van der Waals surface area (Å²) >= 11 is 1.57. The first kappa shape index (κ1) is 11.8. The molecule has 0 aromatic rings. The second kappa shape index (κ2) is 5.08. The molecule has 2 aliphatic rings. The van der Waals surface area contributed by atoms with E-state index in [1.807, 2.05) is 0 Å². The minimum Gasteiger partial charge on any atom is -0.352 e. The second-order valence-corrected chi connectivity index (χ2v) is 5.71. The van der Waals surface area contributed by atoms with Gasteiger partial charge in [0.25, 0.3) is 0 Å². The van der Waals surface area contributed by atoms with E-state index in [-0.39, 0.29) is 18.4 Å². The maximum Gasteiger partial charge on any atom is 0.239 e. The summed E-state index contributed by atoms with van der Waals surface area (Å²) in [5, 5.41) is 3.01. The van der Waals surface area contributed by atoms with Gasteiger partial charge in [0, 0.05) is 6.04 Å². The highest BCUT2D eigenvalue weighted by atomic mass is 32.2. The lowest BCUT2D eigenvalue weighted by Gasteiger charge is -2.17. The monoisotopic (exact) mass is 242 g/mol. The van der Waals surface area contributed by atoms with E-state index in [1.54, 1.807) is 16.7 Å². The van der Waals surface area contributed by atoms with Crippen molar-refractivity contribution in [2.45, 2.75) is 32.2 Å². The largest absolute Gasteiger partial charge is 0.352 e. The lowest BCUT2D eigenvalue weighted by Crippen LogP contribution is -2.41. The molecule has 1 aliphatic carbocycles. The van der Waals surface area contributed by atoms with Gasteiger partial charge >= 0.3 is 0 Å². The summed E-state index contributed by atoms with van der Waals surface area (Å²) in [5.41, 5.74) is 0. The number of carbonyl (C=O) groups excluding carboxylic acids is 2. The lowest BCUT2D eigenvalue weighted by atomic mass is 10.1. The summed E-state index contributed by atoms with van der Waals surface area (Å²) in [7, 11) is 0. The van der Waals surface area contributed by atoms with Crippen LogP contribution in [0.1, 0.15) is 26.2 Å². The first-order valence-electron chi connectivity index (χ1n) is 5.80. The summed E-state index contributed by atoms with van der Waals surface area (Å²) < 4.78 is 0. The first-order chi connectivity index (χ1) is 7.65. The molecule has 0 spiro atoms. The predicted molar refractivity (Wildman–Crippen MR) is 64.0 cm³/mol. The molecule has 2 unspecified atom stereocenters. The minimum absolute atomic E-state index is 0.00468. The van der Waals surface area contributed by atoms with Crippen molar-refractivity contribution in [1.82, 2.24) is 10.2 Å². The lowest BCUT2D eigenvalue weighted by molar-refractivity contribution is -0.132. The van der Waals surface area contributed by atoms with Crippen molar-refractivity contribution in [2.24, 2.45) is 5.92 Å². The van der Waals surface area contributed by atoms with Crippen LogP contribution in [-0.4, -0.2) is 40.9 Å². The fraction of sp³-hybridized carbons (Fsp3) is 0.818. The van der Waals surface area contributed by atoms with Gasteiger partial charge in [-0.1, -0.05) is 6.92 Å². The van der Waals surface area contributed by atoms with Gasteiger partial charge in [0.15, 0.2) is 0 Å². The number of nitrogens with zero attached hydrogens (tertiary/aromatic N) is 1. The van der Waals surface area contributed by atoms with Gasteiger partial charge in [0.05, 0.1) is 11.6 Å². The molecule has 2 amide bonds. The normalized spacial score (nSPS) is 29.8. The highest BCUT2D eigenvalue weighted by molar-refractivity contribution is 8.00. The van der Waals surface area contributed by atoms with E-state index < -0.39 is 0 Å². The van der Waals surface area contributed by atoms with Crippen LogP contribution in [0.2, 0.25) is 0 Å². The molecule has 2 rings (SSSR count). The van der Waals surface area contributed by atoms with Crippen LogP contribution in [0.15, 0.2) is 0 Å². The van der Waals surface area contributed by atoms with E-state index in [0.717, 1.165) is 12.8 Å². The van der Waals surface area contributed by atoms with Crippen molar-refractivity contribution in [3.63, 3.8) is 0 Å². The fourth-order valence-electron chi connectivity index (χ4n) is 2.33. The Balaban J connectivity index is 1.74. The van der Waals surface area contributed by atoms with Gasteiger partial charge in [-0.3, -0.25) is 9.59 Å². The zero-order valence-electron chi connectivity index (χ0n) is 9.57. The summed E-state index contributed by atoms with van der Waals surface area (Å²) in [6, 6.07) is 0.327. The van der Waals surface area contributed by atoms with Crippen LogP contribution in [0, 0.1) is 5.92 Å². The van der Waals surface area contributed by atoms with E-state index in [4.69, 9.17) is 0 Å². The number of carbonyl (C=O) groups is 2. The predicted octanol–water partition coefficient (Wildman–Crippen LogP) is 0.824. The highest BCUT2D eigenvalue weighted by Crippen LogP contribution is 2.24. The fourth-order valence-corrected chi connectivity index (χ4v) is 3.23. The zero-order valence-corrected chi connectivity index (χ0v) is 10.4. The SMILES string of the molecule is CC1CCC(NC(=O)CN2CSCC2=O)C1. The molecule has 0 bridgehead atoms. The molecular weight excluding hydrogens is 224 g/mol. The van der Waals surface area contributed by atoms with Crippen molar-refractivity contribution in [3.8, 4) is 0 Å². The molecule has 2 atom stereocenters. The Labute approximate surface area is 100 Å². The number of nitrogens with one attached hydrogen (secondary N) is 1. The number of amides is 2. The van der Waals surface area contributed by atoms with Gasteiger partial charge in [0.1, 0.15) is 6.54 Å². The number of hydrogen-bond acceptors (Lipinski definition) is 3. The van der Waals surface area contributed by atoms with Gasteiger partial charge in [-0.05, 0) is 25.2 Å². The summed E-state index contributed by atoms with van der Waals surface area (Å²) in [6.07, 6.45) is 3.35. The summed E-state index contributed by atoms with van der Waals surface area (Å²) in [4.78, 5) is 24.6. The average molecular weight is 242 g/mol. The van der Waals surface area contributed by atoms with Gasteiger partial charge in [0.2, 0.25) is 11.8 Å². The van der Waals surface area contributed by atoms with Crippen molar-refractivity contribution in [3.05, 3.63) is 0 Å². The van der Waals surface area contributed by atoms with Crippen LogP contribution in [0.5, 0.6) is 0 Å². The van der Waals surface area contributed by atoms with Crippen LogP contribution in [0.4, 0.5) is 0 Å². The molecule has 0 aromatic heterocycles. The van der Waals surface area contributed by atoms with E-state index >= 15 is 0 Å². The van der Waals surface area contributed by atoms with Crippen molar-refractivity contribution >= 4 is 23.6 Å². The molecule has 4 nitrogen and oxygen atoms in total. The van der Waals surface area contributed by atoms with Crippen molar-refractivity contribution < 1.29 is 9.59 Å². The standard InChI is InChI=1S/C11H18N2O2S/c1-8-2-3-9(4-8)12-10(14)5-13-7-16-6-11(13)15/h8-9H,2-7H2,1H3,(H,12,14). The maximum absolute atomic E-state index is 11.7. The molecule has 1 saturated heterocycles. The molecule has 16 heavy (non-hydrogen) atoms. The summed E-state index contributed by atoms with van der Waals surface area (Å²) in [6.45, 7) is 2.45. The van der Waals surface area contributed by atoms with Crippen molar-refractivity contribution in [1.29, 1.82) is 0 Å². The Hall–Kier alpha value is -0.710. The second-order valence-electron chi connectivity index (χ2n) is 4.75. The minimum atomic E-state index is -0.00468. The van der Waals surface area contributed by atoms with E-state index in [1.165, 1.54) is 6.42 Å². The molecule has 0 aromatic carbocycles. The molecule has 0 radical (unpaired) electrons. The van der Waals surface area contributed by atoms with Crippen LogP contribution in [0.25, 0.3) is 0 Å². The average Bonchev–Trinajstić information content (AvgIpc) is 2.77. The van der Waals surface area contributed by atoms with E-state index in [9.17, 15) is 9.59 Å². The third-order valence-corrected chi connectivity index (χ3v) is 4.17. The van der Waals surface area contributed by atoms with E-state index in [2.05, 4.69) is 12.2 Å². The maximum atomic E-state index is 11.7. The van der Waals surface area contributed by atoms with Crippen LogP contribution in [0.3, 0.4) is 0 Å². The number of thioether (sulfide) groups is 1. The van der Waals surface area contributed by atoms with Gasteiger partial charge in [-0.2, -0.15) is 0 Å². The third kappa shape index (κ3) is 2.90. The van der Waals surface area contributed by atoms with Crippen molar-refractivity contribution in [2.75, 3.05) is 18.2 Å².